The summed E-state index contributed by atoms with van der Waals surface area (Å²) in [5.74, 6) is -0.504. The van der Waals surface area contributed by atoms with Crippen molar-refractivity contribution >= 4 is 17.4 Å². The van der Waals surface area contributed by atoms with E-state index in [2.05, 4.69) is 5.32 Å². The third-order valence-electron chi connectivity index (χ3n) is 2.07. The Hall–Kier alpha value is -0.930. The third-order valence-corrected chi connectivity index (χ3v) is 2.36. The normalized spacial score (nSPS) is 10.3. The molecule has 0 unspecified atom stereocenters. The Morgan fingerprint density at radius 3 is 2.87 bits per heavy atom. The average Bonchev–Trinajstić information content (AvgIpc) is 2.22. The summed E-state index contributed by atoms with van der Waals surface area (Å²) in [5, 5.41) is 2.95. The molecule has 0 spiro atoms. The smallest absolute Gasteiger partial charge is 0.162 e. The van der Waals surface area contributed by atoms with Gasteiger partial charge < -0.3 is 5.32 Å². The quantitative estimate of drug-likeness (QED) is 0.621. The molecular weight excluding hydrogens is 217 g/mol. The zero-order chi connectivity index (χ0) is 11.3. The Balaban J connectivity index is 2.62. The summed E-state index contributed by atoms with van der Waals surface area (Å²) >= 11 is 5.58. The van der Waals surface area contributed by atoms with E-state index in [1.54, 1.807) is 0 Å². The van der Waals surface area contributed by atoms with Crippen molar-refractivity contribution in [3.8, 4) is 0 Å². The van der Waals surface area contributed by atoms with Crippen LogP contribution in [0.3, 0.4) is 0 Å². The molecule has 1 rings (SSSR count). The second kappa shape index (κ2) is 5.83. The summed E-state index contributed by atoms with van der Waals surface area (Å²) in [5.41, 5.74) is 0.470. The van der Waals surface area contributed by atoms with Gasteiger partial charge in [0.25, 0.3) is 0 Å². The van der Waals surface area contributed by atoms with Crippen LogP contribution in [0.15, 0.2) is 18.2 Å². The molecule has 2 nitrogen and oxygen atoms in total. The highest BCUT2D eigenvalue weighted by Crippen LogP contribution is 2.17. The van der Waals surface area contributed by atoms with Gasteiger partial charge in [0.05, 0.1) is 5.02 Å². The molecule has 0 aliphatic rings. The second-order valence-electron chi connectivity index (χ2n) is 3.26. The van der Waals surface area contributed by atoms with E-state index in [1.165, 1.54) is 18.2 Å². The van der Waals surface area contributed by atoms with Gasteiger partial charge in [0, 0.05) is 12.0 Å². The Morgan fingerprint density at radius 2 is 2.27 bits per heavy atom. The summed E-state index contributed by atoms with van der Waals surface area (Å²) in [6, 6.07) is 4.05. The first-order valence-electron chi connectivity index (χ1n) is 4.78. The maximum Gasteiger partial charge on any atom is 0.162 e. The second-order valence-corrected chi connectivity index (χ2v) is 3.67. The average molecular weight is 230 g/mol. The maximum atomic E-state index is 12.8. The number of ketones is 1. The predicted molar refractivity (Wildman–Crippen MR) is 58.9 cm³/mol. The molecular formula is C11H13ClFNO. The van der Waals surface area contributed by atoms with Gasteiger partial charge in [-0.05, 0) is 38.2 Å². The van der Waals surface area contributed by atoms with Crippen molar-refractivity contribution in [1.82, 2.24) is 5.32 Å². The van der Waals surface area contributed by atoms with Crippen molar-refractivity contribution in [2.24, 2.45) is 0 Å². The van der Waals surface area contributed by atoms with Gasteiger partial charge in [-0.15, -0.1) is 0 Å². The number of nitrogens with one attached hydrogen (secondary N) is 1. The van der Waals surface area contributed by atoms with Gasteiger partial charge >= 0.3 is 0 Å². The zero-order valence-electron chi connectivity index (χ0n) is 8.52. The van der Waals surface area contributed by atoms with Crippen molar-refractivity contribution in [2.45, 2.75) is 12.8 Å². The molecule has 0 saturated carbocycles. The van der Waals surface area contributed by atoms with Gasteiger partial charge in [-0.1, -0.05) is 11.6 Å². The van der Waals surface area contributed by atoms with Gasteiger partial charge in [0.15, 0.2) is 5.78 Å². The zero-order valence-corrected chi connectivity index (χ0v) is 9.27. The van der Waals surface area contributed by atoms with Crippen LogP contribution < -0.4 is 5.32 Å². The number of hydrogen-bond acceptors (Lipinski definition) is 2. The van der Waals surface area contributed by atoms with Crippen molar-refractivity contribution in [2.75, 3.05) is 13.6 Å². The largest absolute Gasteiger partial charge is 0.320 e. The fraction of sp³-hybridized carbons (Fsp3) is 0.364. The van der Waals surface area contributed by atoms with E-state index in [0.29, 0.717) is 12.0 Å². The van der Waals surface area contributed by atoms with Crippen LogP contribution in [0.25, 0.3) is 0 Å². The molecule has 15 heavy (non-hydrogen) atoms. The molecule has 0 aliphatic heterocycles. The van der Waals surface area contributed by atoms with Crippen molar-refractivity contribution in [1.29, 1.82) is 0 Å². The lowest BCUT2D eigenvalue weighted by molar-refractivity contribution is 0.0980. The summed E-state index contributed by atoms with van der Waals surface area (Å²) < 4.78 is 12.8. The highest BCUT2D eigenvalue weighted by molar-refractivity contribution is 6.31. The maximum absolute atomic E-state index is 12.8. The lowest BCUT2D eigenvalue weighted by atomic mass is 10.1. The molecule has 0 radical (unpaired) electrons. The Morgan fingerprint density at radius 1 is 1.53 bits per heavy atom. The molecule has 0 bridgehead atoms. The number of benzene rings is 1. The highest BCUT2D eigenvalue weighted by Gasteiger charge is 2.08. The first kappa shape index (κ1) is 12.1. The van der Waals surface area contributed by atoms with E-state index in [0.717, 1.165) is 13.0 Å². The number of rotatable bonds is 5. The van der Waals surface area contributed by atoms with Crippen molar-refractivity contribution < 1.29 is 9.18 Å². The molecule has 1 aromatic carbocycles. The molecule has 0 atom stereocenters. The van der Waals surface area contributed by atoms with Crippen LogP contribution in [0.4, 0.5) is 4.39 Å². The van der Waals surface area contributed by atoms with Crippen LogP contribution in [0.5, 0.6) is 0 Å². The molecule has 0 heterocycles. The van der Waals surface area contributed by atoms with Gasteiger partial charge in [-0.3, -0.25) is 4.79 Å². The monoisotopic (exact) mass is 229 g/mol. The van der Waals surface area contributed by atoms with Crippen LogP contribution in [-0.4, -0.2) is 19.4 Å². The van der Waals surface area contributed by atoms with E-state index in [9.17, 15) is 9.18 Å². The van der Waals surface area contributed by atoms with Crippen molar-refractivity contribution in [3.63, 3.8) is 0 Å². The van der Waals surface area contributed by atoms with E-state index < -0.39 is 5.82 Å². The van der Waals surface area contributed by atoms with Crippen LogP contribution in [0.1, 0.15) is 23.2 Å². The van der Waals surface area contributed by atoms with Crippen LogP contribution in [-0.2, 0) is 0 Å². The number of halogens is 2. The standard InChI is InChI=1S/C11H13ClFNO/c1-14-6-2-3-11(15)8-4-5-10(13)9(12)7-8/h4-5,7,14H,2-3,6H2,1H3. The van der Waals surface area contributed by atoms with Gasteiger partial charge in [0.2, 0.25) is 0 Å². The molecule has 0 amide bonds. The van der Waals surface area contributed by atoms with Crippen LogP contribution in [0.2, 0.25) is 5.02 Å². The first-order chi connectivity index (χ1) is 7.15. The molecule has 1 aromatic rings. The number of hydrogen-bond donors (Lipinski definition) is 1. The highest BCUT2D eigenvalue weighted by atomic mass is 35.5. The first-order valence-corrected chi connectivity index (χ1v) is 5.16. The molecule has 0 aliphatic carbocycles. The minimum absolute atomic E-state index is 0.00512. The Kier molecular flexibility index (Phi) is 4.72. The van der Waals surface area contributed by atoms with E-state index in [-0.39, 0.29) is 10.8 Å². The van der Waals surface area contributed by atoms with Crippen LogP contribution in [0, 0.1) is 5.82 Å². The number of carbonyl (C=O) groups excluding carboxylic acids is 1. The minimum atomic E-state index is -0.497. The summed E-state index contributed by atoms with van der Waals surface area (Å²) in [6.07, 6.45) is 1.22. The summed E-state index contributed by atoms with van der Waals surface area (Å²) in [6.45, 7) is 0.792. The Labute approximate surface area is 93.4 Å². The fourth-order valence-corrected chi connectivity index (χ4v) is 1.42. The lowest BCUT2D eigenvalue weighted by Gasteiger charge is -2.02. The molecule has 1 N–H and O–H groups in total. The third kappa shape index (κ3) is 3.61. The van der Waals surface area contributed by atoms with E-state index >= 15 is 0 Å². The van der Waals surface area contributed by atoms with Gasteiger partial charge in [-0.25, -0.2) is 4.39 Å². The fourth-order valence-electron chi connectivity index (χ4n) is 1.24. The Bertz CT molecular complexity index is 354. The molecule has 0 saturated heterocycles. The lowest BCUT2D eigenvalue weighted by Crippen LogP contribution is -2.10. The number of Topliss-reactive ketones (excluding diaryl/α,β-unsaturated/α-hetero) is 1. The van der Waals surface area contributed by atoms with E-state index in [1.807, 2.05) is 7.05 Å². The van der Waals surface area contributed by atoms with Crippen LogP contribution >= 0.6 is 11.6 Å². The molecule has 4 heteroatoms. The van der Waals surface area contributed by atoms with Crippen molar-refractivity contribution in [3.05, 3.63) is 34.6 Å². The van der Waals surface area contributed by atoms with Gasteiger partial charge in [0.1, 0.15) is 5.82 Å². The molecule has 82 valence electrons. The van der Waals surface area contributed by atoms with Gasteiger partial charge in [-0.2, -0.15) is 0 Å². The summed E-state index contributed by atoms with van der Waals surface area (Å²) in [7, 11) is 1.83. The topological polar surface area (TPSA) is 29.1 Å². The predicted octanol–water partition coefficient (Wildman–Crippen LogP) is 2.66. The summed E-state index contributed by atoms with van der Waals surface area (Å²) in [4.78, 5) is 11.6. The number of carbonyl (C=O) groups is 1. The minimum Gasteiger partial charge on any atom is -0.320 e. The molecule has 0 aromatic heterocycles. The van der Waals surface area contributed by atoms with E-state index in [4.69, 9.17) is 11.6 Å². The molecule has 0 fully saturated rings. The SMILES string of the molecule is CNCCCC(=O)c1ccc(F)c(Cl)c1.